The van der Waals surface area contributed by atoms with Crippen molar-refractivity contribution in [3.63, 3.8) is 0 Å². The topological polar surface area (TPSA) is 20.3 Å². The van der Waals surface area contributed by atoms with Crippen LogP contribution < -0.4 is 0 Å². The molecule has 3 heteroatoms. The summed E-state index contributed by atoms with van der Waals surface area (Å²) in [6.45, 7) is 2.91. The Morgan fingerprint density at radius 2 is 2.13 bits per heavy atom. The van der Waals surface area contributed by atoms with Crippen LogP contribution >= 0.6 is 12.4 Å². The second kappa shape index (κ2) is 4.99. The fourth-order valence-corrected chi connectivity index (χ4v) is 1.83. The molecule has 1 atom stereocenters. The molecule has 0 saturated heterocycles. The zero-order valence-electron chi connectivity index (χ0n) is 8.59. The average molecular weight is 224 g/mol. The first-order valence-corrected chi connectivity index (χ1v) is 4.85. The molecule has 1 aliphatic heterocycles. The normalized spacial score (nSPS) is 17.9. The molecule has 1 aromatic rings. The van der Waals surface area contributed by atoms with Crippen LogP contribution in [0.25, 0.3) is 6.08 Å². The number of carbonyl (C=O) groups is 1. The largest absolute Gasteiger partial charge is 0.364 e. The summed E-state index contributed by atoms with van der Waals surface area (Å²) < 4.78 is 0. The number of rotatable bonds is 2. The van der Waals surface area contributed by atoms with Crippen molar-refractivity contribution in [1.82, 2.24) is 4.90 Å². The molecule has 1 aliphatic rings. The molecule has 0 bridgehead atoms. The lowest BCUT2D eigenvalue weighted by Gasteiger charge is -2.30. The Morgan fingerprint density at radius 1 is 1.40 bits per heavy atom. The predicted molar refractivity (Wildman–Crippen MR) is 63.9 cm³/mol. The quantitative estimate of drug-likeness (QED) is 0.719. The van der Waals surface area contributed by atoms with Crippen LogP contribution in [0.2, 0.25) is 0 Å². The molecule has 0 aliphatic carbocycles. The fraction of sp³-hybridized carbons (Fsp3) is 0.250. The monoisotopic (exact) mass is 223 g/mol. The van der Waals surface area contributed by atoms with Crippen LogP contribution in [0.3, 0.4) is 0 Å². The minimum Gasteiger partial charge on any atom is -0.364 e. The Kier molecular flexibility index (Phi) is 3.92. The van der Waals surface area contributed by atoms with Gasteiger partial charge in [0.05, 0.1) is 0 Å². The SMILES string of the molecule is CCN1C=Cc2ccccc2C1C=O.Cl. The maximum absolute atomic E-state index is 11.0. The molecule has 0 radical (unpaired) electrons. The molecule has 80 valence electrons. The molecule has 0 saturated carbocycles. The number of aldehydes is 1. The molecule has 0 aromatic heterocycles. The number of likely N-dealkylation sites (N-methyl/N-ethyl adjacent to an activating group) is 1. The van der Waals surface area contributed by atoms with Gasteiger partial charge in [0.1, 0.15) is 12.3 Å². The van der Waals surface area contributed by atoms with Gasteiger partial charge in [-0.1, -0.05) is 24.3 Å². The van der Waals surface area contributed by atoms with E-state index in [0.717, 1.165) is 24.0 Å². The summed E-state index contributed by atoms with van der Waals surface area (Å²) in [5.74, 6) is 0. The van der Waals surface area contributed by atoms with Crippen LogP contribution in [0, 0.1) is 0 Å². The van der Waals surface area contributed by atoms with E-state index in [4.69, 9.17) is 0 Å². The highest BCUT2D eigenvalue weighted by molar-refractivity contribution is 5.85. The van der Waals surface area contributed by atoms with Crippen molar-refractivity contribution < 1.29 is 4.79 Å². The van der Waals surface area contributed by atoms with Gasteiger partial charge in [-0.25, -0.2) is 0 Å². The van der Waals surface area contributed by atoms with Gasteiger partial charge in [0, 0.05) is 12.7 Å². The molecule has 1 aromatic carbocycles. The number of hydrogen-bond donors (Lipinski definition) is 0. The fourth-order valence-electron chi connectivity index (χ4n) is 1.83. The molecule has 1 unspecified atom stereocenters. The van der Waals surface area contributed by atoms with Gasteiger partial charge in [-0.3, -0.25) is 0 Å². The van der Waals surface area contributed by atoms with Crippen molar-refractivity contribution in [2.24, 2.45) is 0 Å². The van der Waals surface area contributed by atoms with Crippen LogP contribution in [0.15, 0.2) is 30.5 Å². The van der Waals surface area contributed by atoms with Crippen LogP contribution in [-0.2, 0) is 4.79 Å². The Labute approximate surface area is 96.0 Å². The molecular weight excluding hydrogens is 210 g/mol. The second-order valence-electron chi connectivity index (χ2n) is 3.36. The van der Waals surface area contributed by atoms with E-state index in [1.807, 2.05) is 35.4 Å². The minimum atomic E-state index is -0.110. The first-order chi connectivity index (χ1) is 6.86. The third-order valence-corrected chi connectivity index (χ3v) is 2.61. The lowest BCUT2D eigenvalue weighted by molar-refractivity contribution is -0.111. The van der Waals surface area contributed by atoms with E-state index in [1.54, 1.807) is 0 Å². The lowest BCUT2D eigenvalue weighted by Crippen LogP contribution is -2.27. The number of benzene rings is 1. The van der Waals surface area contributed by atoms with Crippen LogP contribution in [0.1, 0.15) is 24.1 Å². The first-order valence-electron chi connectivity index (χ1n) is 4.85. The molecule has 0 N–H and O–H groups in total. The zero-order chi connectivity index (χ0) is 9.97. The lowest BCUT2D eigenvalue weighted by atomic mass is 9.97. The number of halogens is 1. The van der Waals surface area contributed by atoms with Gasteiger partial charge in [-0.15, -0.1) is 12.4 Å². The minimum absolute atomic E-state index is 0. The molecule has 2 rings (SSSR count). The third-order valence-electron chi connectivity index (χ3n) is 2.61. The molecule has 2 nitrogen and oxygen atoms in total. The second-order valence-corrected chi connectivity index (χ2v) is 3.36. The standard InChI is InChI=1S/C12H13NO.ClH/c1-2-13-8-7-10-5-3-4-6-11(10)12(13)9-14;/h3-9,12H,2H2,1H3;1H. The highest BCUT2D eigenvalue weighted by Gasteiger charge is 2.20. The molecule has 0 amide bonds. The van der Waals surface area contributed by atoms with Crippen molar-refractivity contribution in [3.05, 3.63) is 41.6 Å². The maximum Gasteiger partial charge on any atom is 0.146 e. The summed E-state index contributed by atoms with van der Waals surface area (Å²) in [6, 6.07) is 7.91. The van der Waals surface area contributed by atoms with Crippen molar-refractivity contribution >= 4 is 24.8 Å². The predicted octanol–water partition coefficient (Wildman–Crippen LogP) is 2.65. The maximum atomic E-state index is 11.0. The number of nitrogens with zero attached hydrogens (tertiary/aromatic N) is 1. The van der Waals surface area contributed by atoms with E-state index in [0.29, 0.717) is 0 Å². The zero-order valence-corrected chi connectivity index (χ0v) is 9.41. The Balaban J connectivity index is 0.00000112. The average Bonchev–Trinajstić information content (AvgIpc) is 2.27. The van der Waals surface area contributed by atoms with E-state index in [9.17, 15) is 4.79 Å². The van der Waals surface area contributed by atoms with E-state index >= 15 is 0 Å². The summed E-state index contributed by atoms with van der Waals surface area (Å²) in [5, 5.41) is 0. The van der Waals surface area contributed by atoms with Gasteiger partial charge in [0.2, 0.25) is 0 Å². The summed E-state index contributed by atoms with van der Waals surface area (Å²) in [5.41, 5.74) is 2.25. The van der Waals surface area contributed by atoms with Crippen molar-refractivity contribution in [3.8, 4) is 0 Å². The van der Waals surface area contributed by atoms with E-state index in [-0.39, 0.29) is 18.4 Å². The smallest absolute Gasteiger partial charge is 0.146 e. The van der Waals surface area contributed by atoms with Crippen LogP contribution in [-0.4, -0.2) is 17.7 Å². The van der Waals surface area contributed by atoms with Crippen molar-refractivity contribution in [2.75, 3.05) is 6.54 Å². The Morgan fingerprint density at radius 3 is 2.80 bits per heavy atom. The molecular formula is C12H14ClNO. The van der Waals surface area contributed by atoms with Crippen LogP contribution in [0.4, 0.5) is 0 Å². The number of carbonyl (C=O) groups excluding carboxylic acids is 1. The molecule has 1 heterocycles. The number of fused-ring (bicyclic) bond motifs is 1. The van der Waals surface area contributed by atoms with E-state index in [2.05, 4.69) is 13.0 Å². The molecule has 0 fully saturated rings. The van der Waals surface area contributed by atoms with E-state index < -0.39 is 0 Å². The van der Waals surface area contributed by atoms with Gasteiger partial charge in [0.25, 0.3) is 0 Å². The van der Waals surface area contributed by atoms with Crippen molar-refractivity contribution in [2.45, 2.75) is 13.0 Å². The molecule has 15 heavy (non-hydrogen) atoms. The van der Waals surface area contributed by atoms with Gasteiger partial charge < -0.3 is 9.69 Å². The third kappa shape index (κ3) is 2.05. The van der Waals surface area contributed by atoms with E-state index in [1.165, 1.54) is 0 Å². The summed E-state index contributed by atoms with van der Waals surface area (Å²) in [7, 11) is 0. The van der Waals surface area contributed by atoms with Gasteiger partial charge in [-0.2, -0.15) is 0 Å². The van der Waals surface area contributed by atoms with Gasteiger partial charge >= 0.3 is 0 Å². The summed E-state index contributed by atoms with van der Waals surface area (Å²) in [4.78, 5) is 13.1. The Bertz CT molecular complexity index is 376. The molecule has 0 spiro atoms. The van der Waals surface area contributed by atoms with Gasteiger partial charge in [-0.05, 0) is 24.1 Å². The van der Waals surface area contributed by atoms with Crippen molar-refractivity contribution in [1.29, 1.82) is 0 Å². The Hall–Kier alpha value is -1.28. The highest BCUT2D eigenvalue weighted by atomic mass is 35.5. The summed E-state index contributed by atoms with van der Waals surface area (Å²) in [6.07, 6.45) is 5.05. The highest BCUT2D eigenvalue weighted by Crippen LogP contribution is 2.27. The first kappa shape index (κ1) is 11.8. The van der Waals surface area contributed by atoms with Crippen LogP contribution in [0.5, 0.6) is 0 Å². The summed E-state index contributed by atoms with van der Waals surface area (Å²) >= 11 is 0. The number of hydrogen-bond acceptors (Lipinski definition) is 2. The van der Waals surface area contributed by atoms with Gasteiger partial charge in [0.15, 0.2) is 0 Å².